The van der Waals surface area contributed by atoms with Crippen LogP contribution in [0.2, 0.25) is 0 Å². The summed E-state index contributed by atoms with van der Waals surface area (Å²) in [6, 6.07) is 18.4. The summed E-state index contributed by atoms with van der Waals surface area (Å²) in [5.41, 5.74) is 3.50. The molecule has 1 atom stereocenters. The van der Waals surface area contributed by atoms with E-state index in [1.54, 1.807) is 7.05 Å². The molecule has 0 bridgehead atoms. The number of amides is 1. The van der Waals surface area contributed by atoms with Crippen molar-refractivity contribution >= 4 is 5.91 Å². The first-order valence-corrected chi connectivity index (χ1v) is 7.04. The molecule has 0 aliphatic heterocycles. The molecule has 0 unspecified atom stereocenters. The molecule has 0 heterocycles. The Bertz CT molecular complexity index is 578. The van der Waals surface area contributed by atoms with Gasteiger partial charge < -0.3 is 0 Å². The Morgan fingerprint density at radius 1 is 1.05 bits per heavy atom. The Morgan fingerprint density at radius 3 is 2.19 bits per heavy atom. The van der Waals surface area contributed by atoms with E-state index in [2.05, 4.69) is 43.3 Å². The highest BCUT2D eigenvalue weighted by Crippen LogP contribution is 2.28. The first kappa shape index (κ1) is 15.3. The fourth-order valence-electron chi connectivity index (χ4n) is 2.32. The second kappa shape index (κ2) is 7.04. The molecule has 3 nitrogen and oxygen atoms in total. The van der Waals surface area contributed by atoms with Crippen LogP contribution in [0.1, 0.15) is 29.0 Å². The van der Waals surface area contributed by atoms with Gasteiger partial charge in [0.05, 0.1) is 7.11 Å². The highest BCUT2D eigenvalue weighted by Gasteiger charge is 2.20. The number of benzene rings is 2. The van der Waals surface area contributed by atoms with Crippen molar-refractivity contribution in [2.45, 2.75) is 19.3 Å². The normalized spacial score (nSPS) is 12.0. The summed E-state index contributed by atoms with van der Waals surface area (Å²) in [4.78, 5) is 17.2. The molecule has 3 heteroatoms. The van der Waals surface area contributed by atoms with Crippen molar-refractivity contribution in [3.63, 3.8) is 0 Å². The predicted molar refractivity (Wildman–Crippen MR) is 83.9 cm³/mol. The third-order valence-corrected chi connectivity index (χ3v) is 3.69. The van der Waals surface area contributed by atoms with Gasteiger partial charge in [-0.05, 0) is 18.1 Å². The van der Waals surface area contributed by atoms with E-state index in [9.17, 15) is 4.79 Å². The summed E-state index contributed by atoms with van der Waals surface area (Å²) >= 11 is 0. The number of aryl methyl sites for hydroxylation is 1. The maximum absolute atomic E-state index is 12.2. The van der Waals surface area contributed by atoms with Gasteiger partial charge in [-0.15, -0.1) is 0 Å². The maximum atomic E-state index is 12.2. The molecule has 0 aromatic heterocycles. The number of carbonyl (C=O) groups is 1. The minimum Gasteiger partial charge on any atom is -0.275 e. The average Bonchev–Trinajstić information content (AvgIpc) is 2.53. The fourth-order valence-corrected chi connectivity index (χ4v) is 2.32. The van der Waals surface area contributed by atoms with Crippen LogP contribution in [0.4, 0.5) is 0 Å². The van der Waals surface area contributed by atoms with E-state index in [4.69, 9.17) is 4.84 Å². The molecule has 0 aliphatic carbocycles. The Balaban J connectivity index is 2.31. The van der Waals surface area contributed by atoms with Gasteiger partial charge in [0.15, 0.2) is 0 Å². The highest BCUT2D eigenvalue weighted by atomic mass is 16.7. The van der Waals surface area contributed by atoms with Crippen LogP contribution < -0.4 is 0 Å². The predicted octanol–water partition coefficient (Wildman–Crippen LogP) is 3.54. The molecule has 21 heavy (non-hydrogen) atoms. The number of rotatable bonds is 5. The van der Waals surface area contributed by atoms with Crippen molar-refractivity contribution < 1.29 is 9.63 Å². The van der Waals surface area contributed by atoms with Gasteiger partial charge in [0.2, 0.25) is 5.91 Å². The van der Waals surface area contributed by atoms with E-state index < -0.39 is 0 Å². The molecule has 0 saturated carbocycles. The van der Waals surface area contributed by atoms with Crippen molar-refractivity contribution in [1.82, 2.24) is 5.06 Å². The smallest absolute Gasteiger partial charge is 0.246 e. The highest BCUT2D eigenvalue weighted by molar-refractivity contribution is 5.76. The lowest BCUT2D eigenvalue weighted by molar-refractivity contribution is -0.168. The number of hydroxylamine groups is 2. The number of carbonyl (C=O) groups excluding carboxylic acids is 1. The third kappa shape index (κ3) is 3.92. The molecule has 0 aliphatic rings. The quantitative estimate of drug-likeness (QED) is 0.786. The lowest BCUT2D eigenvalue weighted by Gasteiger charge is -2.21. The van der Waals surface area contributed by atoms with Crippen molar-refractivity contribution in [2.24, 2.45) is 0 Å². The van der Waals surface area contributed by atoms with Crippen molar-refractivity contribution in [2.75, 3.05) is 14.2 Å². The zero-order valence-corrected chi connectivity index (χ0v) is 12.7. The summed E-state index contributed by atoms with van der Waals surface area (Å²) in [6.45, 7) is 2.06. The second-order valence-electron chi connectivity index (χ2n) is 5.15. The molecule has 0 N–H and O–H groups in total. The SMILES string of the molecule is CON(C)C(=O)C[C@@H](c1ccccc1)c1ccc(C)cc1. The molecular weight excluding hydrogens is 262 g/mol. The molecule has 0 saturated heterocycles. The van der Waals surface area contributed by atoms with Gasteiger partial charge in [0.25, 0.3) is 0 Å². The van der Waals surface area contributed by atoms with Crippen LogP contribution in [0, 0.1) is 6.92 Å². The molecule has 0 spiro atoms. The van der Waals surface area contributed by atoms with Gasteiger partial charge >= 0.3 is 0 Å². The Labute approximate surface area is 126 Å². The van der Waals surface area contributed by atoms with Crippen LogP contribution in [-0.2, 0) is 9.63 Å². The van der Waals surface area contributed by atoms with Crippen LogP contribution in [0.25, 0.3) is 0 Å². The summed E-state index contributed by atoms with van der Waals surface area (Å²) in [7, 11) is 3.14. The minimum absolute atomic E-state index is 0.0353. The number of hydrogen-bond donors (Lipinski definition) is 0. The lowest BCUT2D eigenvalue weighted by Crippen LogP contribution is -2.27. The van der Waals surface area contributed by atoms with Crippen molar-refractivity contribution in [3.8, 4) is 0 Å². The molecule has 110 valence electrons. The van der Waals surface area contributed by atoms with Crippen molar-refractivity contribution in [1.29, 1.82) is 0 Å². The fraction of sp³-hybridized carbons (Fsp3) is 0.278. The zero-order chi connectivity index (χ0) is 15.2. The average molecular weight is 283 g/mol. The van der Waals surface area contributed by atoms with Crippen molar-refractivity contribution in [3.05, 3.63) is 71.3 Å². The molecule has 1 amide bonds. The Morgan fingerprint density at radius 2 is 1.62 bits per heavy atom. The Hall–Kier alpha value is -2.13. The van der Waals surface area contributed by atoms with E-state index in [0.29, 0.717) is 6.42 Å². The lowest BCUT2D eigenvalue weighted by atomic mass is 9.88. The summed E-state index contributed by atoms with van der Waals surface area (Å²) in [6.07, 6.45) is 0.386. The minimum atomic E-state index is -0.0353. The van der Waals surface area contributed by atoms with E-state index in [0.717, 1.165) is 11.1 Å². The van der Waals surface area contributed by atoms with Gasteiger partial charge in [-0.2, -0.15) is 0 Å². The first-order chi connectivity index (χ1) is 10.1. The number of nitrogens with zero attached hydrogens (tertiary/aromatic N) is 1. The van der Waals surface area contributed by atoms with Crippen LogP contribution in [0.3, 0.4) is 0 Å². The maximum Gasteiger partial charge on any atom is 0.246 e. The van der Waals surface area contributed by atoms with Gasteiger partial charge in [-0.25, -0.2) is 5.06 Å². The standard InChI is InChI=1S/C18H21NO2/c1-14-9-11-16(12-10-14)17(13-18(20)19(2)21-3)15-7-5-4-6-8-15/h4-12,17H,13H2,1-3H3/t17-/m0/s1. The molecule has 2 rings (SSSR count). The van der Waals surface area contributed by atoms with E-state index in [1.165, 1.54) is 17.7 Å². The third-order valence-electron chi connectivity index (χ3n) is 3.69. The first-order valence-electron chi connectivity index (χ1n) is 7.04. The van der Waals surface area contributed by atoms with E-state index >= 15 is 0 Å². The molecule has 2 aromatic carbocycles. The van der Waals surface area contributed by atoms with Gasteiger partial charge in [0.1, 0.15) is 0 Å². The molecular formula is C18H21NO2. The summed E-state index contributed by atoms with van der Waals surface area (Å²) in [5.74, 6) is 0.00354. The summed E-state index contributed by atoms with van der Waals surface area (Å²) < 4.78 is 0. The largest absolute Gasteiger partial charge is 0.275 e. The van der Waals surface area contributed by atoms with Gasteiger partial charge in [-0.3, -0.25) is 9.63 Å². The zero-order valence-electron chi connectivity index (χ0n) is 12.7. The molecule has 0 radical (unpaired) electrons. The molecule has 2 aromatic rings. The topological polar surface area (TPSA) is 29.5 Å². The summed E-state index contributed by atoms with van der Waals surface area (Å²) in [5, 5.41) is 1.28. The van der Waals surface area contributed by atoms with Crippen LogP contribution >= 0.6 is 0 Å². The second-order valence-corrected chi connectivity index (χ2v) is 5.15. The van der Waals surface area contributed by atoms with Crippen LogP contribution in [0.15, 0.2) is 54.6 Å². The monoisotopic (exact) mass is 283 g/mol. The van der Waals surface area contributed by atoms with Gasteiger partial charge in [-0.1, -0.05) is 60.2 Å². The van der Waals surface area contributed by atoms with Gasteiger partial charge in [0, 0.05) is 19.4 Å². The molecule has 0 fully saturated rings. The van der Waals surface area contributed by atoms with E-state index in [1.807, 2.05) is 18.2 Å². The van der Waals surface area contributed by atoms with Crippen LogP contribution in [0.5, 0.6) is 0 Å². The Kier molecular flexibility index (Phi) is 5.12. The van der Waals surface area contributed by atoms with E-state index in [-0.39, 0.29) is 11.8 Å². The number of hydrogen-bond acceptors (Lipinski definition) is 2. The van der Waals surface area contributed by atoms with Crippen LogP contribution in [-0.4, -0.2) is 25.1 Å².